The smallest absolute Gasteiger partial charge is 0.214 e. The molecule has 0 unspecified atom stereocenters. The van der Waals surface area contributed by atoms with Gasteiger partial charge in [0.05, 0.1) is 29.5 Å². The summed E-state index contributed by atoms with van der Waals surface area (Å²) in [6, 6.07) is 7.96. The predicted octanol–water partition coefficient (Wildman–Crippen LogP) is 6.56. The molecule has 0 spiro atoms. The molecule has 0 radical (unpaired) electrons. The lowest BCUT2D eigenvalue weighted by molar-refractivity contribution is 0.585. The lowest BCUT2D eigenvalue weighted by Crippen LogP contribution is -2.00. The Balaban J connectivity index is 0.000000135. The van der Waals surface area contributed by atoms with Crippen molar-refractivity contribution in [2.45, 2.75) is 25.7 Å². The molecule has 0 atom stereocenters. The van der Waals surface area contributed by atoms with Crippen LogP contribution in [0.2, 0.25) is 0 Å². The van der Waals surface area contributed by atoms with E-state index in [1.165, 1.54) is 22.3 Å². The molecule has 5 heterocycles. The molecule has 5 aromatic heterocycles. The van der Waals surface area contributed by atoms with Crippen LogP contribution >= 0.6 is 22.7 Å². The second-order valence-corrected chi connectivity index (χ2v) is 11.5. The van der Waals surface area contributed by atoms with Gasteiger partial charge in [-0.05, 0) is 49.9 Å². The maximum absolute atomic E-state index is 13.7. The number of pyridine rings is 1. The number of aromatic amines is 2. The zero-order valence-corrected chi connectivity index (χ0v) is 22.8. The van der Waals surface area contributed by atoms with Crippen LogP contribution < -0.4 is 10.6 Å². The second-order valence-electron chi connectivity index (χ2n) is 9.33. The van der Waals surface area contributed by atoms with Gasteiger partial charge in [-0.2, -0.15) is 14.6 Å². The number of aryl methyl sites for hydroxylation is 4. The first kappa shape index (κ1) is 25.4. The molecule has 0 saturated carbocycles. The number of nitrogens with one attached hydrogen (secondary N) is 4. The zero-order valence-electron chi connectivity index (χ0n) is 21.1. The molecule has 14 heteroatoms. The maximum Gasteiger partial charge on any atom is 0.214 e. The van der Waals surface area contributed by atoms with Gasteiger partial charge in [-0.25, -0.2) is 23.7 Å². The van der Waals surface area contributed by atoms with Crippen LogP contribution in [0.1, 0.15) is 21.1 Å². The van der Waals surface area contributed by atoms with E-state index in [1.807, 2.05) is 0 Å². The Morgan fingerprint density at radius 1 is 0.707 bits per heavy atom. The fourth-order valence-electron chi connectivity index (χ4n) is 4.76. The quantitative estimate of drug-likeness (QED) is 0.171. The molecule has 41 heavy (non-hydrogen) atoms. The summed E-state index contributed by atoms with van der Waals surface area (Å²) < 4.78 is 39.9. The number of hydrogen-bond acceptors (Lipinski definition) is 9. The fraction of sp³-hybridized carbons (Fsp3) is 0.148. The van der Waals surface area contributed by atoms with E-state index < -0.39 is 17.6 Å². The minimum absolute atomic E-state index is 0.0912. The summed E-state index contributed by atoms with van der Waals surface area (Å²) in [6.45, 7) is 0. The summed E-state index contributed by atoms with van der Waals surface area (Å²) >= 11 is 3.04. The Morgan fingerprint density at radius 2 is 1.34 bits per heavy atom. The van der Waals surface area contributed by atoms with E-state index in [1.54, 1.807) is 35.9 Å². The Labute approximate surface area is 239 Å². The van der Waals surface area contributed by atoms with E-state index in [0.29, 0.717) is 10.9 Å². The lowest BCUT2D eigenvalue weighted by atomic mass is 10.0. The minimum Gasteiger partial charge on any atom is -0.329 e. The average Bonchev–Trinajstić information content (AvgIpc) is 3.75. The third-order valence-corrected chi connectivity index (χ3v) is 8.73. The number of nitrogens with zero attached hydrogens (tertiary/aromatic N) is 5. The molecule has 0 fully saturated rings. The van der Waals surface area contributed by atoms with Crippen molar-refractivity contribution in [3.63, 3.8) is 0 Å². The molecule has 6 aromatic rings. The summed E-state index contributed by atoms with van der Waals surface area (Å²) in [4.78, 5) is 15.2. The first-order chi connectivity index (χ1) is 20.0. The van der Waals surface area contributed by atoms with E-state index in [9.17, 15) is 13.2 Å². The van der Waals surface area contributed by atoms with E-state index in [0.717, 1.165) is 87.8 Å². The Kier molecular flexibility index (Phi) is 6.47. The van der Waals surface area contributed by atoms with Crippen LogP contribution in [-0.2, 0) is 25.7 Å². The molecule has 2 aliphatic carbocycles. The number of H-pyrrole nitrogens is 2. The van der Waals surface area contributed by atoms with Gasteiger partial charge < -0.3 is 10.6 Å². The number of benzene rings is 1. The molecule has 9 nitrogen and oxygen atoms in total. The molecule has 0 saturated heterocycles. The van der Waals surface area contributed by atoms with Gasteiger partial charge >= 0.3 is 0 Å². The summed E-state index contributed by atoms with van der Waals surface area (Å²) in [6.07, 6.45) is 7.20. The van der Waals surface area contributed by atoms with Gasteiger partial charge in [0.1, 0.15) is 17.5 Å². The van der Waals surface area contributed by atoms with E-state index in [-0.39, 0.29) is 5.69 Å². The van der Waals surface area contributed by atoms with Gasteiger partial charge in [0.25, 0.3) is 0 Å². The van der Waals surface area contributed by atoms with Crippen LogP contribution in [0.15, 0.2) is 48.8 Å². The SMILES string of the molecule is Fc1ccc(F)c(Nc2nc3c(s2)CCc2[nH]ncc2-3)c1.Fc1cccc(Nc2nc3c(s2)CCc2[nH]ncc2-3)n1. The van der Waals surface area contributed by atoms with Crippen LogP contribution in [0.5, 0.6) is 0 Å². The molecule has 0 aliphatic heterocycles. The van der Waals surface area contributed by atoms with E-state index >= 15 is 0 Å². The highest BCUT2D eigenvalue weighted by atomic mass is 32.1. The van der Waals surface area contributed by atoms with Crippen molar-refractivity contribution < 1.29 is 13.2 Å². The van der Waals surface area contributed by atoms with Crippen LogP contribution in [0, 0.1) is 17.6 Å². The molecule has 0 amide bonds. The number of anilines is 4. The number of halogens is 3. The Hall–Kier alpha value is -4.56. The summed E-state index contributed by atoms with van der Waals surface area (Å²) in [5.41, 5.74) is 6.16. The molecular formula is C27H20F3N9S2. The topological polar surface area (TPSA) is 120 Å². The first-order valence-corrected chi connectivity index (χ1v) is 14.3. The number of thiazole rings is 2. The van der Waals surface area contributed by atoms with Crippen molar-refractivity contribution >= 4 is 44.4 Å². The molecular weight excluding hydrogens is 571 g/mol. The van der Waals surface area contributed by atoms with Gasteiger partial charge in [-0.15, -0.1) is 22.7 Å². The average molecular weight is 592 g/mol. The van der Waals surface area contributed by atoms with Crippen molar-refractivity contribution in [1.29, 1.82) is 0 Å². The van der Waals surface area contributed by atoms with Crippen molar-refractivity contribution in [2.75, 3.05) is 10.6 Å². The van der Waals surface area contributed by atoms with Crippen molar-refractivity contribution in [2.24, 2.45) is 0 Å². The number of aromatic nitrogens is 7. The number of hydrogen-bond donors (Lipinski definition) is 4. The standard InChI is InChI=1S/C14H10F2N4S.C13H10FN5S/c15-7-1-2-9(16)11(5-7)18-14-19-13-8-6-17-20-10(8)3-4-12(13)21-14;14-10-2-1-3-11(16-10)17-13-18-12-7-6-15-19-8(7)4-5-9(12)20-13/h1-2,5-6H,3-4H2,(H,17,20)(H,18,19);1-3,6H,4-5H2,(H,15,19)(H,16,17,18). The highest BCUT2D eigenvalue weighted by Crippen LogP contribution is 2.39. The third-order valence-electron chi connectivity index (χ3n) is 6.67. The number of fused-ring (bicyclic) bond motifs is 6. The van der Waals surface area contributed by atoms with Crippen LogP contribution in [-0.4, -0.2) is 35.3 Å². The Morgan fingerprint density at radius 3 is 1.98 bits per heavy atom. The Bertz CT molecular complexity index is 1870. The second kappa shape index (κ2) is 10.4. The van der Waals surface area contributed by atoms with E-state index in [4.69, 9.17) is 0 Å². The highest BCUT2D eigenvalue weighted by molar-refractivity contribution is 7.16. The largest absolute Gasteiger partial charge is 0.329 e. The molecule has 206 valence electrons. The van der Waals surface area contributed by atoms with Gasteiger partial charge in [-0.1, -0.05) is 6.07 Å². The van der Waals surface area contributed by atoms with Gasteiger partial charge in [0.2, 0.25) is 5.95 Å². The fourth-order valence-corrected chi connectivity index (χ4v) is 6.73. The number of rotatable bonds is 4. The summed E-state index contributed by atoms with van der Waals surface area (Å²) in [5, 5.41) is 21.2. The van der Waals surface area contributed by atoms with E-state index in [2.05, 4.69) is 46.0 Å². The maximum atomic E-state index is 13.7. The molecule has 8 rings (SSSR count). The summed E-state index contributed by atoms with van der Waals surface area (Å²) in [7, 11) is 0. The molecule has 4 N–H and O–H groups in total. The van der Waals surface area contributed by atoms with Crippen LogP contribution in [0.3, 0.4) is 0 Å². The van der Waals surface area contributed by atoms with Crippen molar-refractivity contribution in [3.8, 4) is 22.5 Å². The van der Waals surface area contributed by atoms with Crippen molar-refractivity contribution in [3.05, 3.63) is 87.5 Å². The molecule has 1 aromatic carbocycles. The predicted molar refractivity (Wildman–Crippen MR) is 151 cm³/mol. The van der Waals surface area contributed by atoms with Crippen molar-refractivity contribution in [1.82, 2.24) is 35.3 Å². The van der Waals surface area contributed by atoms with Crippen LogP contribution in [0.25, 0.3) is 22.5 Å². The first-order valence-electron chi connectivity index (χ1n) is 12.7. The highest BCUT2D eigenvalue weighted by Gasteiger charge is 2.24. The molecule has 0 bridgehead atoms. The van der Waals surface area contributed by atoms with Gasteiger partial charge in [-0.3, -0.25) is 10.2 Å². The van der Waals surface area contributed by atoms with Gasteiger partial charge in [0.15, 0.2) is 10.3 Å². The third kappa shape index (κ3) is 5.07. The monoisotopic (exact) mass is 591 g/mol. The normalized spacial score (nSPS) is 12.9. The van der Waals surface area contributed by atoms with Crippen LogP contribution in [0.4, 0.5) is 34.9 Å². The van der Waals surface area contributed by atoms with Gasteiger partial charge in [0, 0.05) is 38.3 Å². The summed E-state index contributed by atoms with van der Waals surface area (Å²) in [5.74, 6) is -1.04. The lowest BCUT2D eigenvalue weighted by Gasteiger charge is -2.08. The molecule has 2 aliphatic rings. The zero-order chi connectivity index (χ0) is 27.9. The minimum atomic E-state index is -0.506.